The molecule has 0 aromatic heterocycles. The van der Waals surface area contributed by atoms with Gasteiger partial charge in [-0.15, -0.1) is 0 Å². The molecule has 12 saturated carbocycles. The third kappa shape index (κ3) is 17.1. The van der Waals surface area contributed by atoms with Gasteiger partial charge < -0.3 is 33.2 Å². The molecule has 562 valence electrons. The molecule has 3 saturated heterocycles. The highest BCUT2D eigenvalue weighted by molar-refractivity contribution is 7.87. The molecule has 13 atom stereocenters. The Balaban J connectivity index is 0.000000137. The molecule has 18 heteroatoms. The van der Waals surface area contributed by atoms with Crippen LogP contribution in [0, 0.1) is 97.1 Å². The first-order chi connectivity index (χ1) is 47.0. The molecule has 2 aromatic rings. The highest BCUT2D eigenvalue weighted by Crippen LogP contribution is 2.68. The molecule has 0 spiro atoms. The molecule has 0 radical (unpaired) electrons. The summed E-state index contributed by atoms with van der Waals surface area (Å²) < 4.78 is 66.7. The van der Waals surface area contributed by atoms with Gasteiger partial charge in [0.25, 0.3) is 10.1 Å². The molecule has 17 nitrogen and oxygen atoms in total. The minimum atomic E-state index is -3.59. The summed E-state index contributed by atoms with van der Waals surface area (Å²) in [7, 11) is -3.59. The van der Waals surface area contributed by atoms with Crippen LogP contribution in [-0.4, -0.2) is 106 Å². The largest absolute Gasteiger partial charge is 0.465 e. The van der Waals surface area contributed by atoms with Crippen molar-refractivity contribution in [3.63, 3.8) is 0 Å². The molecular formula is C83H122O17S. The molecule has 101 heavy (non-hydrogen) atoms. The first-order valence-corrected chi connectivity index (χ1v) is 39.7. The van der Waals surface area contributed by atoms with Crippen molar-refractivity contribution in [1.29, 1.82) is 0 Å². The number of hydrogen-bond donors (Lipinski definition) is 0. The normalized spacial score (nSPS) is 36.2. The fraction of sp³-hybridized carbons (Fsp3) is 0.771. The number of esters is 7. The number of carbonyl (C=O) groups excluding carboxylic acids is 7. The van der Waals surface area contributed by atoms with E-state index in [0.717, 1.165) is 57.8 Å². The molecule has 0 amide bonds. The third-order valence-electron chi connectivity index (χ3n) is 23.7. The number of cyclic esters (lactones) is 1. The lowest BCUT2D eigenvalue weighted by atomic mass is 9.43. The summed E-state index contributed by atoms with van der Waals surface area (Å²) in [4.78, 5) is 85.0. The van der Waals surface area contributed by atoms with E-state index >= 15 is 0 Å². The topological polar surface area (TPSA) is 227 Å². The van der Waals surface area contributed by atoms with E-state index in [1.165, 1.54) is 49.7 Å². The zero-order chi connectivity index (χ0) is 74.0. The molecule has 15 fully saturated rings. The molecule has 12 bridgehead atoms. The monoisotopic (exact) mass is 1420 g/mol. The highest BCUT2D eigenvalue weighted by Gasteiger charge is 2.73. The summed E-state index contributed by atoms with van der Waals surface area (Å²) in [6, 6.07) is 21.9. The third-order valence-corrected chi connectivity index (χ3v) is 25.5. The Morgan fingerprint density at radius 1 is 0.436 bits per heavy atom. The Bertz CT molecular complexity index is 3310. The first-order valence-electron chi connectivity index (χ1n) is 38.3. The zero-order valence-corrected chi connectivity index (χ0v) is 65.0. The van der Waals surface area contributed by atoms with Crippen molar-refractivity contribution in [3.8, 4) is 0 Å². The van der Waals surface area contributed by atoms with Crippen LogP contribution in [-0.2, 0) is 91.9 Å². The molecule has 17 rings (SSSR count). The van der Waals surface area contributed by atoms with E-state index in [2.05, 4.69) is 107 Å². The Labute approximate surface area is 603 Å². The number of ether oxygens (including phenoxy) is 7. The predicted molar refractivity (Wildman–Crippen MR) is 383 cm³/mol. The van der Waals surface area contributed by atoms with E-state index < -0.39 is 50.4 Å². The van der Waals surface area contributed by atoms with E-state index in [-0.39, 0.29) is 103 Å². The van der Waals surface area contributed by atoms with E-state index in [0.29, 0.717) is 88.3 Å². The van der Waals surface area contributed by atoms with Crippen molar-refractivity contribution in [3.05, 3.63) is 71.8 Å². The number of rotatable bonds is 12. The Kier molecular flexibility index (Phi) is 22.3. The summed E-state index contributed by atoms with van der Waals surface area (Å²) in [6.45, 7) is 37.0. The van der Waals surface area contributed by atoms with Crippen molar-refractivity contribution in [2.45, 2.75) is 267 Å². The van der Waals surface area contributed by atoms with Crippen LogP contribution < -0.4 is 0 Å². The summed E-state index contributed by atoms with van der Waals surface area (Å²) in [5, 5.41) is -0.492. The van der Waals surface area contributed by atoms with Crippen molar-refractivity contribution in [1.82, 2.24) is 0 Å². The maximum Gasteiger partial charge on any atom is 0.350 e. The molecule has 15 aliphatic rings. The molecule has 12 aliphatic carbocycles. The van der Waals surface area contributed by atoms with Crippen molar-refractivity contribution in [2.75, 3.05) is 39.6 Å². The lowest BCUT2D eigenvalue weighted by Gasteiger charge is -2.61. The van der Waals surface area contributed by atoms with Crippen LogP contribution in [0.4, 0.5) is 0 Å². The van der Waals surface area contributed by atoms with Gasteiger partial charge in [-0.3, -0.25) is 28.2 Å². The average molecular weight is 1420 g/mol. The summed E-state index contributed by atoms with van der Waals surface area (Å²) >= 11 is 0. The van der Waals surface area contributed by atoms with Crippen molar-refractivity contribution in [2.24, 2.45) is 97.1 Å². The second-order valence-electron chi connectivity index (χ2n) is 39.2. The summed E-state index contributed by atoms with van der Waals surface area (Å²) in [6.07, 6.45) is 18.8. The van der Waals surface area contributed by atoms with Gasteiger partial charge in [0.15, 0.2) is 11.5 Å². The predicted octanol–water partition coefficient (Wildman–Crippen LogP) is 15.8. The van der Waals surface area contributed by atoms with E-state index in [9.17, 15) is 42.0 Å². The van der Waals surface area contributed by atoms with Crippen LogP contribution in [0.3, 0.4) is 0 Å². The average Bonchev–Trinajstić information content (AvgIpc) is 1.69. The number of fused-ring (bicyclic) bond motifs is 2. The van der Waals surface area contributed by atoms with Gasteiger partial charge in [-0.05, 0) is 194 Å². The van der Waals surface area contributed by atoms with Crippen LogP contribution >= 0.6 is 0 Å². The van der Waals surface area contributed by atoms with Gasteiger partial charge in [0.2, 0.25) is 5.60 Å². The van der Waals surface area contributed by atoms with Crippen molar-refractivity contribution < 1.29 is 79.3 Å². The number of hydrogen-bond acceptors (Lipinski definition) is 17. The molecule has 2 aromatic carbocycles. The van der Waals surface area contributed by atoms with E-state index in [1.807, 2.05) is 76.2 Å². The molecule has 13 unspecified atom stereocenters. The van der Waals surface area contributed by atoms with Gasteiger partial charge in [-0.25, -0.2) is 9.59 Å². The van der Waals surface area contributed by atoms with Gasteiger partial charge in [0, 0.05) is 24.7 Å². The quantitative estimate of drug-likeness (QED) is 0.0833. The molecule has 0 N–H and O–H groups in total. The Morgan fingerprint density at radius 2 is 0.812 bits per heavy atom. The standard InChI is InChI=1S/2C22H30O2.C14H20O4.C13H20O5S.C10H16O4.C2H6/c2*1-20(2,3)15-24-19(23)22-12-16-9-17(13-22)11-21(10-16,14-22)18-7-5-4-6-8-18;1-13(2,3)7-17-12(16)14-6-8-4-9(10(14)5-8)11(15)18-14;1-12(2,3)7-17-11(14)13-6-8-4-9(13)10(5-8)19(15,16)18-13;1-10(2,3)6-14-9(12)7-4-5-13-8(7)11;1-2/h2*4-8,16-17H,9-15H2,1-3H3;8-10H,4-7H2,1-3H3;8-10H,4-7H2,1-3H3;7H,4-6H2,1-3H3;1-2H3. The SMILES string of the molecule is CC.CC(C)(C)COC(=O)C12CC3CC(C(=O)O1)C2C3.CC(C)(C)COC(=O)C12CC3CC(C1)CC(c1ccccc1)(C3)C2.CC(C)(C)COC(=O)C12CC3CC(C1)CC(c1ccccc1)(C3)C2.CC(C)(C)COC(=O)C12CC3CC1C(C3)S(=O)(=O)O2.CC(C)(C)COC(=O)C1CCOC1=O. The highest BCUT2D eigenvalue weighted by atomic mass is 32.2. The molecule has 3 aliphatic heterocycles. The maximum absolute atomic E-state index is 13.1. The fourth-order valence-corrected chi connectivity index (χ4v) is 22.7. The second-order valence-corrected chi connectivity index (χ2v) is 41.0. The summed E-state index contributed by atoms with van der Waals surface area (Å²) in [5.41, 5.74) is 0.552. The number of carbonyl (C=O) groups is 7. The Morgan fingerprint density at radius 3 is 1.20 bits per heavy atom. The van der Waals surface area contributed by atoms with Crippen LogP contribution in [0.25, 0.3) is 0 Å². The van der Waals surface area contributed by atoms with Crippen LogP contribution in [0.2, 0.25) is 0 Å². The van der Waals surface area contributed by atoms with Gasteiger partial charge >= 0.3 is 41.8 Å². The smallest absolute Gasteiger partial charge is 0.350 e. The first kappa shape index (κ1) is 78.2. The number of benzene rings is 2. The van der Waals surface area contributed by atoms with Gasteiger partial charge in [-0.1, -0.05) is 178 Å². The van der Waals surface area contributed by atoms with Crippen LogP contribution in [0.15, 0.2) is 60.7 Å². The van der Waals surface area contributed by atoms with Crippen molar-refractivity contribution >= 4 is 51.9 Å². The van der Waals surface area contributed by atoms with E-state index in [4.69, 9.17) is 32.6 Å². The van der Waals surface area contributed by atoms with Crippen LogP contribution in [0.1, 0.15) is 251 Å². The molecular weight excluding hydrogens is 1300 g/mol. The lowest BCUT2D eigenvalue weighted by molar-refractivity contribution is -0.178. The van der Waals surface area contributed by atoms with E-state index in [1.54, 1.807) is 0 Å². The lowest BCUT2D eigenvalue weighted by Crippen LogP contribution is -2.57. The summed E-state index contributed by atoms with van der Waals surface area (Å²) in [5.74, 6) is 0.965. The minimum Gasteiger partial charge on any atom is -0.465 e. The van der Waals surface area contributed by atoms with Gasteiger partial charge in [-0.2, -0.15) is 8.42 Å². The maximum atomic E-state index is 13.1. The van der Waals surface area contributed by atoms with Gasteiger partial charge in [0.05, 0.1) is 61.6 Å². The van der Waals surface area contributed by atoms with Gasteiger partial charge in [0.1, 0.15) is 0 Å². The second kappa shape index (κ2) is 28.8. The Hall–Kier alpha value is -5.36. The minimum absolute atomic E-state index is 0.0368. The van der Waals surface area contributed by atoms with Crippen LogP contribution in [0.5, 0.6) is 0 Å². The fourth-order valence-electron chi connectivity index (χ4n) is 20.6. The zero-order valence-electron chi connectivity index (χ0n) is 64.2. The molecule has 3 heterocycles.